The smallest absolute Gasteiger partial charge is 0.343 e. The van der Waals surface area contributed by atoms with Crippen LogP contribution in [0.3, 0.4) is 0 Å². The third-order valence-corrected chi connectivity index (χ3v) is 7.34. The highest BCUT2D eigenvalue weighted by molar-refractivity contribution is 5.91. The summed E-state index contributed by atoms with van der Waals surface area (Å²) in [5, 5.41) is 10.8. The van der Waals surface area contributed by atoms with Crippen molar-refractivity contribution in [3.8, 4) is 5.75 Å². The summed E-state index contributed by atoms with van der Waals surface area (Å²) >= 11 is 0. The van der Waals surface area contributed by atoms with Crippen molar-refractivity contribution in [2.45, 2.75) is 57.4 Å². The van der Waals surface area contributed by atoms with E-state index in [1.54, 1.807) is 12.1 Å². The van der Waals surface area contributed by atoms with Gasteiger partial charge in [-0.1, -0.05) is 31.2 Å². The number of carbonyl (C=O) groups is 1. The van der Waals surface area contributed by atoms with Gasteiger partial charge in [-0.15, -0.1) is 0 Å². The lowest BCUT2D eigenvalue weighted by molar-refractivity contribution is -0.0226. The summed E-state index contributed by atoms with van der Waals surface area (Å²) in [5.74, 6) is 0.728. The van der Waals surface area contributed by atoms with Crippen LogP contribution in [-0.4, -0.2) is 17.2 Å². The Balaban J connectivity index is 1.40. The van der Waals surface area contributed by atoms with Gasteiger partial charge < -0.3 is 9.84 Å². The van der Waals surface area contributed by atoms with Gasteiger partial charge in [0.2, 0.25) is 0 Å². The Morgan fingerprint density at radius 3 is 2.86 bits per heavy atom. The summed E-state index contributed by atoms with van der Waals surface area (Å²) in [4.78, 5) is 12.4. The first-order valence-corrected chi connectivity index (χ1v) is 10.3. The quantitative estimate of drug-likeness (QED) is 0.582. The molecule has 4 unspecified atom stereocenters. The standard InChI is InChI=1S/C25H28O3/c1-25-14-13-20-19-10-8-18(28-24(27)16-5-3-2-4-6-16)15-17(19)7-9-21(20)22(25)11-12-23(25)26/h2-6,8,10,15,20-23,26H,7,9,11-14H2,1H3/t20?,21?,22?,23-,25?/m0/s1/i12D2,23D. The SMILES string of the molecule is [2H]C1([2H])CC2C3CCc4cc(OC(=O)c5ccccc5)ccc4C3CCC2(C)[C@@]1([2H])O. The fourth-order valence-corrected chi connectivity index (χ4v) is 5.76. The molecule has 0 aliphatic heterocycles. The van der Waals surface area contributed by atoms with Crippen molar-refractivity contribution in [1.29, 1.82) is 0 Å². The molecule has 2 saturated carbocycles. The molecule has 0 amide bonds. The Labute approximate surface area is 170 Å². The molecule has 0 aromatic heterocycles. The van der Waals surface area contributed by atoms with Crippen molar-refractivity contribution in [1.82, 2.24) is 0 Å². The van der Waals surface area contributed by atoms with Gasteiger partial charge in [-0.3, -0.25) is 0 Å². The van der Waals surface area contributed by atoms with E-state index in [4.69, 9.17) is 8.85 Å². The van der Waals surface area contributed by atoms with Crippen LogP contribution in [0.2, 0.25) is 0 Å². The maximum atomic E-state index is 12.4. The molecule has 0 spiro atoms. The van der Waals surface area contributed by atoms with E-state index in [-0.39, 0.29) is 24.2 Å². The maximum absolute atomic E-state index is 12.4. The number of rotatable bonds is 2. The monoisotopic (exact) mass is 379 g/mol. The van der Waals surface area contributed by atoms with Gasteiger partial charge in [-0.25, -0.2) is 4.79 Å². The van der Waals surface area contributed by atoms with Gasteiger partial charge in [0, 0.05) is 2.74 Å². The number of fused-ring (bicyclic) bond motifs is 5. The van der Waals surface area contributed by atoms with Crippen LogP contribution in [0.5, 0.6) is 5.75 Å². The van der Waals surface area contributed by atoms with Crippen molar-refractivity contribution in [2.24, 2.45) is 17.3 Å². The van der Waals surface area contributed by atoms with Crippen LogP contribution in [0.1, 0.15) is 70.5 Å². The Morgan fingerprint density at radius 2 is 2.04 bits per heavy atom. The van der Waals surface area contributed by atoms with Crippen LogP contribution in [0.25, 0.3) is 0 Å². The minimum Gasteiger partial charge on any atom is -0.423 e. The van der Waals surface area contributed by atoms with Crippen LogP contribution in [-0.2, 0) is 6.42 Å². The molecule has 1 N–H and O–H groups in total. The Kier molecular flexibility index (Phi) is 3.56. The minimum atomic E-state index is -2.05. The summed E-state index contributed by atoms with van der Waals surface area (Å²) < 4.78 is 30.7. The normalized spacial score (nSPS) is 39.5. The van der Waals surface area contributed by atoms with E-state index in [1.807, 2.05) is 37.3 Å². The van der Waals surface area contributed by atoms with Crippen molar-refractivity contribution in [3.05, 3.63) is 65.2 Å². The van der Waals surface area contributed by atoms with Crippen LogP contribution >= 0.6 is 0 Å². The number of carbonyl (C=O) groups excluding carboxylic acids is 1. The molecule has 3 aliphatic rings. The first kappa shape index (κ1) is 14.8. The zero-order valence-electron chi connectivity index (χ0n) is 19.2. The number of aliphatic hydroxyl groups is 1. The fraction of sp³-hybridized carbons (Fsp3) is 0.480. The Bertz CT molecular complexity index is 1020. The fourth-order valence-electron chi connectivity index (χ4n) is 5.76. The lowest BCUT2D eigenvalue weighted by Gasteiger charge is -2.50. The van der Waals surface area contributed by atoms with E-state index in [0.717, 1.165) is 19.3 Å². The third kappa shape index (κ3) is 2.79. The van der Waals surface area contributed by atoms with Gasteiger partial charge in [0.25, 0.3) is 0 Å². The lowest BCUT2D eigenvalue weighted by Crippen LogP contribution is -2.43. The molecule has 146 valence electrons. The predicted molar refractivity (Wildman–Crippen MR) is 108 cm³/mol. The molecule has 0 radical (unpaired) electrons. The second-order valence-electron chi connectivity index (χ2n) is 8.72. The molecule has 0 heterocycles. The molecule has 3 heteroatoms. The maximum Gasteiger partial charge on any atom is 0.343 e. The number of esters is 1. The van der Waals surface area contributed by atoms with Crippen LogP contribution in [0.15, 0.2) is 48.5 Å². The van der Waals surface area contributed by atoms with Gasteiger partial charge in [-0.05, 0) is 97.0 Å². The molecule has 3 aliphatic carbocycles. The number of aryl methyl sites for hydroxylation is 1. The summed E-state index contributed by atoms with van der Waals surface area (Å²) in [6.07, 6.45) is -0.484. The van der Waals surface area contributed by atoms with Crippen molar-refractivity contribution in [3.63, 3.8) is 0 Å². The lowest BCUT2D eigenvalue weighted by atomic mass is 9.55. The van der Waals surface area contributed by atoms with Crippen LogP contribution < -0.4 is 4.74 Å². The Morgan fingerprint density at radius 1 is 1.21 bits per heavy atom. The number of hydrogen-bond donors (Lipinski definition) is 1. The third-order valence-electron chi connectivity index (χ3n) is 7.34. The second-order valence-corrected chi connectivity index (χ2v) is 8.72. The highest BCUT2D eigenvalue weighted by Gasteiger charge is 2.54. The molecule has 3 nitrogen and oxygen atoms in total. The van der Waals surface area contributed by atoms with Gasteiger partial charge >= 0.3 is 5.97 Å². The molecule has 0 saturated heterocycles. The second kappa shape index (κ2) is 6.73. The molecule has 5 atom stereocenters. The summed E-state index contributed by atoms with van der Waals surface area (Å²) in [6, 6.07) is 14.8. The average Bonchev–Trinajstić information content (AvgIpc) is 2.89. The van der Waals surface area contributed by atoms with Crippen LogP contribution in [0.4, 0.5) is 0 Å². The van der Waals surface area contributed by atoms with E-state index in [9.17, 15) is 9.90 Å². The average molecular weight is 380 g/mol. The molecule has 5 rings (SSSR count). The van der Waals surface area contributed by atoms with Crippen LogP contribution in [0, 0.1) is 17.3 Å². The molecule has 0 bridgehead atoms. The molecule has 2 aromatic rings. The predicted octanol–water partition coefficient (Wildman–Crippen LogP) is 5.12. The first-order chi connectivity index (χ1) is 14.6. The van der Waals surface area contributed by atoms with Crippen molar-refractivity contribution >= 4 is 5.97 Å². The molecular weight excluding hydrogens is 348 g/mol. The molecule has 2 fully saturated rings. The number of ether oxygens (including phenoxy) is 1. The minimum absolute atomic E-state index is 0.00696. The van der Waals surface area contributed by atoms with Gasteiger partial charge in [0.1, 0.15) is 5.75 Å². The summed E-state index contributed by atoms with van der Waals surface area (Å²) in [6.45, 7) is 1.91. The number of hydrogen-bond acceptors (Lipinski definition) is 3. The van der Waals surface area contributed by atoms with E-state index < -0.39 is 17.9 Å². The highest BCUT2D eigenvalue weighted by Crippen LogP contribution is 2.60. The highest BCUT2D eigenvalue weighted by atomic mass is 16.5. The van der Waals surface area contributed by atoms with Gasteiger partial charge in [0.15, 0.2) is 0 Å². The van der Waals surface area contributed by atoms with Crippen molar-refractivity contribution < 1.29 is 18.8 Å². The topological polar surface area (TPSA) is 46.5 Å². The molecule has 2 aromatic carbocycles. The summed E-state index contributed by atoms with van der Waals surface area (Å²) in [7, 11) is 0. The molecule has 28 heavy (non-hydrogen) atoms. The van der Waals surface area contributed by atoms with Gasteiger partial charge in [0.05, 0.1) is 13.0 Å². The van der Waals surface area contributed by atoms with E-state index >= 15 is 0 Å². The Hall–Kier alpha value is -2.13. The van der Waals surface area contributed by atoms with E-state index in [2.05, 4.69) is 6.07 Å². The largest absolute Gasteiger partial charge is 0.423 e. The van der Waals surface area contributed by atoms with E-state index in [0.29, 0.717) is 23.7 Å². The molecular formula is C25H28O3. The zero-order valence-corrected chi connectivity index (χ0v) is 16.2. The van der Waals surface area contributed by atoms with E-state index in [1.165, 1.54) is 11.1 Å². The summed E-state index contributed by atoms with van der Waals surface area (Å²) in [5.41, 5.74) is 2.23. The number of benzene rings is 2. The first-order valence-electron chi connectivity index (χ1n) is 11.8. The van der Waals surface area contributed by atoms with Crippen molar-refractivity contribution in [2.75, 3.05) is 0 Å². The zero-order chi connectivity index (χ0) is 22.0. The van der Waals surface area contributed by atoms with Gasteiger partial charge in [-0.2, -0.15) is 0 Å².